The van der Waals surface area contributed by atoms with Crippen molar-refractivity contribution in [2.75, 3.05) is 7.11 Å². The molecule has 0 aliphatic heterocycles. The molecule has 0 aliphatic rings. The van der Waals surface area contributed by atoms with E-state index in [1.807, 2.05) is 0 Å². The van der Waals surface area contributed by atoms with Crippen molar-refractivity contribution in [3.63, 3.8) is 0 Å². The van der Waals surface area contributed by atoms with Gasteiger partial charge < -0.3 is 9.84 Å². The lowest BCUT2D eigenvalue weighted by molar-refractivity contribution is -0.136. The number of carboxylic acid groups (broad SMARTS) is 1. The van der Waals surface area contributed by atoms with Gasteiger partial charge in [0.15, 0.2) is 0 Å². The molecule has 4 heteroatoms. The Bertz CT molecular complexity index is 402. The van der Waals surface area contributed by atoms with E-state index in [2.05, 4.69) is 17.9 Å². The van der Waals surface area contributed by atoms with Crippen molar-refractivity contribution < 1.29 is 19.4 Å². The summed E-state index contributed by atoms with van der Waals surface area (Å²) >= 11 is 0. The second kappa shape index (κ2) is 8.06. The Morgan fingerprint density at radius 1 is 1.44 bits per heavy atom. The van der Waals surface area contributed by atoms with Crippen molar-refractivity contribution >= 4 is 11.9 Å². The van der Waals surface area contributed by atoms with Gasteiger partial charge in [-0.2, -0.15) is 0 Å². The fourth-order valence-corrected chi connectivity index (χ4v) is 1.29. The van der Waals surface area contributed by atoms with Crippen LogP contribution in [0.1, 0.15) is 13.3 Å². The zero-order valence-electron chi connectivity index (χ0n) is 10.7. The van der Waals surface area contributed by atoms with Crippen molar-refractivity contribution in [3.05, 3.63) is 48.6 Å². The number of hydrogen-bond donors (Lipinski definition) is 1. The molecule has 0 bridgehead atoms. The number of allylic oxidation sites excluding steroid dienone is 4. The average Bonchev–Trinajstić information content (AvgIpc) is 2.36. The molecule has 0 amide bonds. The van der Waals surface area contributed by atoms with Gasteiger partial charge in [0.25, 0.3) is 0 Å². The zero-order chi connectivity index (χ0) is 14.1. The monoisotopic (exact) mass is 250 g/mol. The quantitative estimate of drug-likeness (QED) is 0.428. The highest BCUT2D eigenvalue weighted by atomic mass is 16.5. The van der Waals surface area contributed by atoms with E-state index in [1.54, 1.807) is 19.1 Å². The van der Waals surface area contributed by atoms with Crippen molar-refractivity contribution in [1.29, 1.82) is 0 Å². The summed E-state index contributed by atoms with van der Waals surface area (Å²) in [5, 5.41) is 8.97. The van der Waals surface area contributed by atoms with E-state index in [0.29, 0.717) is 6.42 Å². The molecule has 0 radical (unpaired) electrons. The number of carboxylic acids is 1. The molecule has 1 unspecified atom stereocenters. The van der Waals surface area contributed by atoms with Crippen molar-refractivity contribution in [2.45, 2.75) is 13.3 Å². The molecule has 1 atom stereocenters. The highest BCUT2D eigenvalue weighted by Crippen LogP contribution is 2.18. The van der Waals surface area contributed by atoms with Gasteiger partial charge in [-0.25, -0.2) is 9.59 Å². The molecule has 0 heterocycles. The first-order valence-corrected chi connectivity index (χ1v) is 5.48. The van der Waals surface area contributed by atoms with E-state index >= 15 is 0 Å². The van der Waals surface area contributed by atoms with E-state index in [1.165, 1.54) is 19.3 Å². The summed E-state index contributed by atoms with van der Waals surface area (Å²) in [5.74, 6) is -2.08. The Balaban J connectivity index is 5.29. The van der Waals surface area contributed by atoms with Crippen LogP contribution in [0.25, 0.3) is 0 Å². The molecule has 0 spiro atoms. The number of aliphatic carboxylic acids is 1. The molecule has 0 fully saturated rings. The summed E-state index contributed by atoms with van der Waals surface area (Å²) in [4.78, 5) is 22.3. The van der Waals surface area contributed by atoms with Crippen molar-refractivity contribution in [2.24, 2.45) is 5.92 Å². The third-order valence-electron chi connectivity index (χ3n) is 2.34. The topological polar surface area (TPSA) is 63.6 Å². The SMILES string of the molecule is C=CC=CC(C=C(CC)C(=O)O)C(=C)C(=O)OC. The fraction of sp³-hybridized carbons (Fsp3) is 0.286. The third-order valence-corrected chi connectivity index (χ3v) is 2.34. The minimum atomic E-state index is -1.01. The smallest absolute Gasteiger partial charge is 0.334 e. The van der Waals surface area contributed by atoms with Crippen LogP contribution in [0.15, 0.2) is 48.6 Å². The largest absolute Gasteiger partial charge is 0.478 e. The number of carbonyl (C=O) groups is 2. The number of rotatable bonds is 7. The summed E-state index contributed by atoms with van der Waals surface area (Å²) in [6.45, 7) is 8.88. The Morgan fingerprint density at radius 3 is 2.44 bits per heavy atom. The molecule has 18 heavy (non-hydrogen) atoms. The van der Waals surface area contributed by atoms with Gasteiger partial charge in [-0.05, 0) is 6.42 Å². The number of hydrogen-bond acceptors (Lipinski definition) is 3. The molecule has 1 N–H and O–H groups in total. The maximum Gasteiger partial charge on any atom is 0.334 e. The summed E-state index contributed by atoms with van der Waals surface area (Å²) in [6, 6.07) is 0. The summed E-state index contributed by atoms with van der Waals surface area (Å²) < 4.78 is 4.57. The third kappa shape index (κ3) is 4.82. The minimum Gasteiger partial charge on any atom is -0.478 e. The Kier molecular flexibility index (Phi) is 7.12. The predicted octanol–water partition coefficient (Wildman–Crippen LogP) is 2.50. The van der Waals surface area contributed by atoms with Gasteiger partial charge in [0.05, 0.1) is 7.11 Å². The van der Waals surface area contributed by atoms with Gasteiger partial charge in [0.2, 0.25) is 0 Å². The van der Waals surface area contributed by atoms with Crippen LogP contribution in [0.5, 0.6) is 0 Å². The lowest BCUT2D eigenvalue weighted by atomic mass is 9.96. The van der Waals surface area contributed by atoms with Crippen LogP contribution in [-0.2, 0) is 14.3 Å². The predicted molar refractivity (Wildman–Crippen MR) is 70.0 cm³/mol. The number of esters is 1. The van der Waals surface area contributed by atoms with Crippen LogP contribution < -0.4 is 0 Å². The van der Waals surface area contributed by atoms with Gasteiger partial charge in [-0.3, -0.25) is 0 Å². The normalized spacial score (nSPS) is 13.1. The van der Waals surface area contributed by atoms with Crippen LogP contribution in [0.2, 0.25) is 0 Å². The lowest BCUT2D eigenvalue weighted by Crippen LogP contribution is -2.12. The molecule has 0 saturated heterocycles. The number of ether oxygens (including phenoxy) is 1. The molecule has 0 aliphatic carbocycles. The summed E-state index contributed by atoms with van der Waals surface area (Å²) in [6.07, 6.45) is 6.66. The average molecular weight is 250 g/mol. The standard InChI is InChI=1S/C14H18O4/c1-5-7-8-12(10(3)14(17)18-4)9-11(6-2)13(15)16/h5,7-9,12H,1,3,6H2,2,4H3,(H,15,16). The van der Waals surface area contributed by atoms with Crippen molar-refractivity contribution in [1.82, 2.24) is 0 Å². The molecule has 0 aromatic rings. The second-order valence-corrected chi connectivity index (χ2v) is 3.51. The summed E-state index contributed by atoms with van der Waals surface area (Å²) in [5.41, 5.74) is 0.404. The fourth-order valence-electron chi connectivity index (χ4n) is 1.29. The Morgan fingerprint density at radius 2 is 2.06 bits per heavy atom. The van der Waals surface area contributed by atoms with E-state index < -0.39 is 17.9 Å². The Labute approximate surface area is 107 Å². The Hall–Kier alpha value is -2.10. The first-order chi connectivity index (χ1) is 8.47. The van der Waals surface area contributed by atoms with Crippen LogP contribution in [-0.4, -0.2) is 24.2 Å². The molecule has 0 rings (SSSR count). The van der Waals surface area contributed by atoms with Gasteiger partial charge in [-0.1, -0.05) is 44.4 Å². The number of methoxy groups -OCH3 is 1. The first kappa shape index (κ1) is 15.9. The minimum absolute atomic E-state index is 0.183. The maximum absolute atomic E-state index is 11.4. The van der Waals surface area contributed by atoms with E-state index in [0.717, 1.165) is 0 Å². The molecule has 0 aromatic heterocycles. The molecular formula is C14H18O4. The molecular weight excluding hydrogens is 232 g/mol. The van der Waals surface area contributed by atoms with E-state index in [9.17, 15) is 9.59 Å². The highest BCUT2D eigenvalue weighted by molar-refractivity contribution is 5.90. The van der Waals surface area contributed by atoms with Crippen molar-refractivity contribution in [3.8, 4) is 0 Å². The molecule has 98 valence electrons. The second-order valence-electron chi connectivity index (χ2n) is 3.51. The lowest BCUT2D eigenvalue weighted by Gasteiger charge is -2.11. The van der Waals surface area contributed by atoms with E-state index in [4.69, 9.17) is 5.11 Å². The molecule has 0 saturated carbocycles. The molecule has 4 nitrogen and oxygen atoms in total. The van der Waals surface area contributed by atoms with Gasteiger partial charge in [0.1, 0.15) is 0 Å². The van der Waals surface area contributed by atoms with Gasteiger partial charge in [-0.15, -0.1) is 0 Å². The van der Waals surface area contributed by atoms with Crippen LogP contribution >= 0.6 is 0 Å². The summed E-state index contributed by atoms with van der Waals surface area (Å²) in [7, 11) is 1.25. The highest BCUT2D eigenvalue weighted by Gasteiger charge is 2.17. The first-order valence-electron chi connectivity index (χ1n) is 5.48. The van der Waals surface area contributed by atoms with Gasteiger partial charge in [0, 0.05) is 17.1 Å². The van der Waals surface area contributed by atoms with E-state index in [-0.39, 0.29) is 11.1 Å². The van der Waals surface area contributed by atoms with Crippen LogP contribution in [0.4, 0.5) is 0 Å². The zero-order valence-corrected chi connectivity index (χ0v) is 10.7. The maximum atomic E-state index is 11.4. The van der Waals surface area contributed by atoms with Crippen LogP contribution in [0, 0.1) is 5.92 Å². The van der Waals surface area contributed by atoms with Crippen LogP contribution in [0.3, 0.4) is 0 Å². The van der Waals surface area contributed by atoms with Gasteiger partial charge >= 0.3 is 11.9 Å². The number of carbonyl (C=O) groups excluding carboxylic acids is 1. The molecule has 0 aromatic carbocycles.